The van der Waals surface area contributed by atoms with Crippen LogP contribution < -0.4 is 0 Å². The van der Waals surface area contributed by atoms with E-state index in [0.29, 0.717) is 37.2 Å². The fourth-order valence-electron chi connectivity index (χ4n) is 6.02. The van der Waals surface area contributed by atoms with Crippen LogP contribution in [0.4, 0.5) is 26.3 Å². The van der Waals surface area contributed by atoms with Gasteiger partial charge in [-0.25, -0.2) is 17.6 Å². The van der Waals surface area contributed by atoms with Crippen molar-refractivity contribution in [3.63, 3.8) is 0 Å². The Hall–Kier alpha value is -2.80. The van der Waals surface area contributed by atoms with Gasteiger partial charge in [0.15, 0.2) is 17.5 Å². The number of hydrogen-bond donors (Lipinski definition) is 0. The highest BCUT2D eigenvalue weighted by Gasteiger charge is 2.44. The summed E-state index contributed by atoms with van der Waals surface area (Å²) in [5.41, 5.74) is 2.33. The predicted molar refractivity (Wildman–Crippen MR) is 139 cm³/mol. The minimum absolute atomic E-state index is 0.0317. The first-order valence-electron chi connectivity index (χ1n) is 13.7. The van der Waals surface area contributed by atoms with Crippen LogP contribution in [0.3, 0.4) is 0 Å². The minimum atomic E-state index is -3.07. The fourth-order valence-corrected chi connectivity index (χ4v) is 6.02. The molecular weight excluding hydrogens is 514 g/mol. The van der Waals surface area contributed by atoms with Gasteiger partial charge in [0.1, 0.15) is 5.82 Å². The molecule has 0 bridgehead atoms. The maximum absolute atomic E-state index is 14.8. The monoisotopic (exact) mass is 546 g/mol. The van der Waals surface area contributed by atoms with Crippen LogP contribution in [-0.2, 0) is 4.74 Å². The Morgan fingerprint density at radius 1 is 0.641 bits per heavy atom. The molecule has 0 unspecified atom stereocenters. The van der Waals surface area contributed by atoms with Crippen molar-refractivity contribution >= 4 is 0 Å². The van der Waals surface area contributed by atoms with E-state index < -0.39 is 41.4 Å². The molecule has 2 saturated carbocycles. The third-order valence-electron chi connectivity index (χ3n) is 8.47. The minimum Gasteiger partial charge on any atom is -0.317 e. The summed E-state index contributed by atoms with van der Waals surface area (Å²) in [6.07, 6.45) is 1.89. The first-order chi connectivity index (χ1) is 18.6. The summed E-state index contributed by atoms with van der Waals surface area (Å²) in [7, 11) is 0. The van der Waals surface area contributed by atoms with Crippen molar-refractivity contribution in [3.05, 3.63) is 83.4 Å². The molecule has 2 aliphatic rings. The van der Waals surface area contributed by atoms with Gasteiger partial charge in [-0.3, -0.25) is 0 Å². The van der Waals surface area contributed by atoms with Crippen LogP contribution in [0.2, 0.25) is 0 Å². The zero-order valence-electron chi connectivity index (χ0n) is 21.8. The second-order valence-corrected chi connectivity index (χ2v) is 11.2. The van der Waals surface area contributed by atoms with E-state index in [-0.39, 0.29) is 17.0 Å². The average molecular weight is 547 g/mol. The van der Waals surface area contributed by atoms with Crippen molar-refractivity contribution in [2.24, 2.45) is 11.8 Å². The zero-order chi connectivity index (χ0) is 27.7. The van der Waals surface area contributed by atoms with E-state index in [4.69, 9.17) is 4.74 Å². The first-order valence-corrected chi connectivity index (χ1v) is 13.7. The average Bonchev–Trinajstić information content (AvgIpc) is 2.92. The van der Waals surface area contributed by atoms with Gasteiger partial charge in [0, 0.05) is 5.56 Å². The van der Waals surface area contributed by atoms with Gasteiger partial charge in [0.2, 0.25) is 0 Å². The second-order valence-electron chi connectivity index (χ2n) is 11.2. The maximum atomic E-state index is 14.8. The summed E-state index contributed by atoms with van der Waals surface area (Å²) in [5, 5.41) is 0. The number of ether oxygens (including phenoxy) is 1. The zero-order valence-corrected chi connectivity index (χ0v) is 21.8. The molecule has 0 heterocycles. The van der Waals surface area contributed by atoms with Gasteiger partial charge >= 0.3 is 6.11 Å². The standard InChI is InChI=1S/C32H32F6O/c1-19-2-11-25(12-3-19)32(37,38)39-26-13-8-21(9-14-26)20-4-6-22(7-5-20)23-10-15-27(28(33)16-23)24-17-29(34)31(36)30(35)18-24/h4-7,10,15-19,21,25-26H,2-3,8-9,11-14H2,1H3. The summed E-state index contributed by atoms with van der Waals surface area (Å²) in [4.78, 5) is 0. The molecule has 0 saturated heterocycles. The molecule has 2 aliphatic carbocycles. The molecule has 3 aromatic rings. The number of rotatable bonds is 6. The van der Waals surface area contributed by atoms with Gasteiger partial charge in [0.05, 0.1) is 12.0 Å². The van der Waals surface area contributed by atoms with E-state index in [1.165, 1.54) is 12.1 Å². The molecule has 0 radical (unpaired) electrons. The molecule has 208 valence electrons. The highest BCUT2D eigenvalue weighted by Crippen LogP contribution is 2.43. The molecule has 3 aromatic carbocycles. The fraction of sp³-hybridized carbons (Fsp3) is 0.438. The van der Waals surface area contributed by atoms with Crippen molar-refractivity contribution in [2.45, 2.75) is 76.4 Å². The largest absolute Gasteiger partial charge is 0.358 e. The van der Waals surface area contributed by atoms with Gasteiger partial charge in [-0.15, -0.1) is 0 Å². The highest BCUT2D eigenvalue weighted by atomic mass is 19.3. The molecule has 0 aliphatic heterocycles. The van der Waals surface area contributed by atoms with Gasteiger partial charge < -0.3 is 4.74 Å². The Bertz CT molecular complexity index is 1270. The Morgan fingerprint density at radius 3 is 1.79 bits per heavy atom. The topological polar surface area (TPSA) is 9.23 Å². The lowest BCUT2D eigenvalue weighted by molar-refractivity contribution is -0.301. The van der Waals surface area contributed by atoms with Gasteiger partial charge in [0.25, 0.3) is 0 Å². The first kappa shape index (κ1) is 27.8. The predicted octanol–water partition coefficient (Wildman–Crippen LogP) is 10.0. The quantitative estimate of drug-likeness (QED) is 0.221. The second kappa shape index (κ2) is 11.4. The normalized spacial score (nSPS) is 24.1. The Balaban J connectivity index is 1.20. The van der Waals surface area contributed by atoms with Gasteiger partial charge in [-0.1, -0.05) is 56.2 Å². The SMILES string of the molecule is CC1CCC(C(F)(F)OC2CCC(c3ccc(-c4ccc(-c5cc(F)c(F)c(F)c5)c(F)c4)cc3)CC2)CC1. The highest BCUT2D eigenvalue weighted by molar-refractivity contribution is 5.71. The lowest BCUT2D eigenvalue weighted by Gasteiger charge is -2.36. The van der Waals surface area contributed by atoms with Gasteiger partial charge in [-0.05, 0) is 90.8 Å². The molecule has 1 nitrogen and oxygen atoms in total. The van der Waals surface area contributed by atoms with Crippen molar-refractivity contribution in [1.29, 1.82) is 0 Å². The third kappa shape index (κ3) is 6.19. The lowest BCUT2D eigenvalue weighted by Crippen LogP contribution is -2.38. The van der Waals surface area contributed by atoms with E-state index in [1.54, 1.807) is 6.07 Å². The Labute approximate surface area is 225 Å². The van der Waals surface area contributed by atoms with Crippen molar-refractivity contribution < 1.29 is 31.1 Å². The van der Waals surface area contributed by atoms with Gasteiger partial charge in [-0.2, -0.15) is 8.78 Å². The third-order valence-corrected chi connectivity index (χ3v) is 8.47. The summed E-state index contributed by atoms with van der Waals surface area (Å²) in [5.74, 6) is -4.96. The molecule has 0 aromatic heterocycles. The summed E-state index contributed by atoms with van der Waals surface area (Å²) >= 11 is 0. The number of benzene rings is 3. The molecule has 0 amide bonds. The lowest BCUT2D eigenvalue weighted by atomic mass is 9.81. The summed E-state index contributed by atoms with van der Waals surface area (Å²) < 4.78 is 90.2. The Morgan fingerprint density at radius 2 is 1.21 bits per heavy atom. The van der Waals surface area contributed by atoms with Crippen LogP contribution in [0.1, 0.15) is 69.8 Å². The van der Waals surface area contributed by atoms with Crippen LogP contribution in [0.15, 0.2) is 54.6 Å². The van der Waals surface area contributed by atoms with E-state index in [2.05, 4.69) is 6.92 Å². The molecule has 39 heavy (non-hydrogen) atoms. The smallest absolute Gasteiger partial charge is 0.317 e. The maximum Gasteiger partial charge on any atom is 0.358 e. The Kier molecular flexibility index (Phi) is 8.08. The summed E-state index contributed by atoms with van der Waals surface area (Å²) in [6, 6.07) is 13.6. The van der Waals surface area contributed by atoms with Crippen LogP contribution in [-0.4, -0.2) is 12.2 Å². The molecule has 7 heteroatoms. The van der Waals surface area contributed by atoms with Crippen molar-refractivity contribution in [1.82, 2.24) is 0 Å². The molecule has 0 spiro atoms. The number of halogens is 6. The molecule has 2 fully saturated rings. The van der Waals surface area contributed by atoms with Crippen LogP contribution >= 0.6 is 0 Å². The van der Waals surface area contributed by atoms with Crippen molar-refractivity contribution in [2.75, 3.05) is 0 Å². The molecular formula is C32H32F6O. The van der Waals surface area contributed by atoms with Crippen LogP contribution in [0.5, 0.6) is 0 Å². The van der Waals surface area contributed by atoms with E-state index in [0.717, 1.165) is 48.9 Å². The van der Waals surface area contributed by atoms with E-state index in [1.807, 2.05) is 24.3 Å². The van der Waals surface area contributed by atoms with Crippen LogP contribution in [0.25, 0.3) is 22.3 Å². The van der Waals surface area contributed by atoms with E-state index in [9.17, 15) is 26.3 Å². The number of alkyl halides is 2. The molecule has 0 atom stereocenters. The molecule has 5 rings (SSSR count). The summed E-state index contributed by atoms with van der Waals surface area (Å²) in [6.45, 7) is 2.11. The number of hydrogen-bond acceptors (Lipinski definition) is 1. The van der Waals surface area contributed by atoms with Crippen molar-refractivity contribution in [3.8, 4) is 22.3 Å². The van der Waals surface area contributed by atoms with Crippen LogP contribution in [0, 0.1) is 35.1 Å². The van der Waals surface area contributed by atoms with E-state index >= 15 is 0 Å². The molecule has 0 N–H and O–H groups in total.